The second-order valence-electron chi connectivity index (χ2n) is 5.34. The third-order valence-electron chi connectivity index (χ3n) is 3.59. The lowest BCUT2D eigenvalue weighted by Crippen LogP contribution is -2.18. The van der Waals surface area contributed by atoms with Crippen molar-refractivity contribution in [3.05, 3.63) is 54.0 Å². The molecule has 0 unspecified atom stereocenters. The number of rotatable bonds is 3. The van der Waals surface area contributed by atoms with E-state index in [1.54, 1.807) is 25.4 Å². The van der Waals surface area contributed by atoms with E-state index in [0.29, 0.717) is 23.1 Å². The molecule has 24 heavy (non-hydrogen) atoms. The van der Waals surface area contributed by atoms with Crippen LogP contribution in [0.4, 0.5) is 5.82 Å². The summed E-state index contributed by atoms with van der Waals surface area (Å²) in [4.78, 5) is 16.8. The number of carbonyl (C=O) groups excluding carboxylic acids is 1. The largest absolute Gasteiger partial charge is 0.422 e. The number of para-hydroxylation sites is 2. The number of aryl methyl sites for hydroxylation is 2. The van der Waals surface area contributed by atoms with Crippen molar-refractivity contribution >= 4 is 22.8 Å². The highest BCUT2D eigenvalue weighted by molar-refractivity contribution is 6.02. The number of oxazole rings is 1. The molecule has 4 rings (SSSR count). The molecule has 0 saturated heterocycles. The molecule has 3 heterocycles. The van der Waals surface area contributed by atoms with Crippen molar-refractivity contribution in [1.82, 2.24) is 24.5 Å². The Balaban J connectivity index is 1.72. The van der Waals surface area contributed by atoms with Gasteiger partial charge in [-0.25, -0.2) is 0 Å². The molecule has 1 N–H and O–H groups in total. The van der Waals surface area contributed by atoms with Gasteiger partial charge in [-0.2, -0.15) is 19.9 Å². The quantitative estimate of drug-likeness (QED) is 0.625. The molecule has 0 aliphatic heterocycles. The van der Waals surface area contributed by atoms with Gasteiger partial charge in [0.25, 0.3) is 5.91 Å². The van der Waals surface area contributed by atoms with E-state index < -0.39 is 0 Å². The number of hydrogen-bond donors (Lipinski definition) is 1. The first-order chi connectivity index (χ1) is 11.6. The Hall–Kier alpha value is -3.42. The van der Waals surface area contributed by atoms with Crippen LogP contribution in [-0.2, 0) is 7.05 Å². The van der Waals surface area contributed by atoms with Crippen molar-refractivity contribution in [2.45, 2.75) is 6.92 Å². The van der Waals surface area contributed by atoms with E-state index >= 15 is 0 Å². The first-order valence-corrected chi connectivity index (χ1v) is 7.34. The van der Waals surface area contributed by atoms with Gasteiger partial charge in [-0.1, -0.05) is 12.1 Å². The van der Waals surface area contributed by atoms with E-state index in [1.807, 2.05) is 31.2 Å². The molecule has 0 radical (unpaired) electrons. The summed E-state index contributed by atoms with van der Waals surface area (Å²) in [5, 5.41) is 11.2. The van der Waals surface area contributed by atoms with Crippen LogP contribution in [0.5, 0.6) is 0 Å². The standard InChI is InChI=1S/C16H14N6O2/c1-10-9-14(19-15(23)12-7-8-17-21(12)2)22(20-10)16-18-11-5-3-4-6-13(11)24-16/h3-9H,1-2H3,(H,19,23). The fourth-order valence-corrected chi connectivity index (χ4v) is 2.46. The van der Waals surface area contributed by atoms with Crippen LogP contribution in [-0.4, -0.2) is 30.5 Å². The van der Waals surface area contributed by atoms with Gasteiger partial charge in [-0.05, 0) is 25.1 Å². The molecule has 1 amide bonds. The SMILES string of the molecule is Cc1cc(NC(=O)c2ccnn2C)n(-c2nc3ccccc3o2)n1. The third-order valence-corrected chi connectivity index (χ3v) is 3.59. The predicted octanol–water partition coefficient (Wildman–Crippen LogP) is 2.31. The third kappa shape index (κ3) is 2.34. The summed E-state index contributed by atoms with van der Waals surface area (Å²) in [6.45, 7) is 1.83. The van der Waals surface area contributed by atoms with Crippen LogP contribution in [0.3, 0.4) is 0 Å². The average molecular weight is 322 g/mol. The molecule has 0 aliphatic rings. The zero-order valence-electron chi connectivity index (χ0n) is 13.1. The summed E-state index contributed by atoms with van der Waals surface area (Å²) in [5.74, 6) is 0.192. The number of fused-ring (bicyclic) bond motifs is 1. The summed E-state index contributed by atoms with van der Waals surface area (Å²) in [7, 11) is 1.71. The maximum atomic E-state index is 12.4. The van der Waals surface area contributed by atoms with Crippen molar-refractivity contribution < 1.29 is 9.21 Å². The van der Waals surface area contributed by atoms with Crippen LogP contribution < -0.4 is 5.32 Å². The Kier molecular flexibility index (Phi) is 3.16. The van der Waals surface area contributed by atoms with E-state index in [2.05, 4.69) is 20.5 Å². The van der Waals surface area contributed by atoms with Crippen LogP contribution in [0.2, 0.25) is 0 Å². The summed E-state index contributed by atoms with van der Waals surface area (Å²) in [6.07, 6.45) is 1.57. The summed E-state index contributed by atoms with van der Waals surface area (Å²) in [5.41, 5.74) is 2.56. The molecule has 0 saturated carbocycles. The highest BCUT2D eigenvalue weighted by atomic mass is 16.4. The molecule has 8 nitrogen and oxygen atoms in total. The lowest BCUT2D eigenvalue weighted by Gasteiger charge is -2.05. The predicted molar refractivity (Wildman–Crippen MR) is 87.0 cm³/mol. The topological polar surface area (TPSA) is 90.8 Å². The first-order valence-electron chi connectivity index (χ1n) is 7.34. The van der Waals surface area contributed by atoms with Crippen molar-refractivity contribution in [3.63, 3.8) is 0 Å². The van der Waals surface area contributed by atoms with E-state index in [-0.39, 0.29) is 5.91 Å². The molecule has 0 atom stereocenters. The van der Waals surface area contributed by atoms with E-state index in [1.165, 1.54) is 9.36 Å². The van der Waals surface area contributed by atoms with Crippen molar-refractivity contribution in [1.29, 1.82) is 0 Å². The molecule has 3 aromatic heterocycles. The van der Waals surface area contributed by atoms with Gasteiger partial charge in [0, 0.05) is 19.3 Å². The highest BCUT2D eigenvalue weighted by Gasteiger charge is 2.17. The van der Waals surface area contributed by atoms with Crippen LogP contribution in [0.25, 0.3) is 17.1 Å². The van der Waals surface area contributed by atoms with Crippen LogP contribution >= 0.6 is 0 Å². The van der Waals surface area contributed by atoms with Crippen molar-refractivity contribution in [2.75, 3.05) is 5.32 Å². The Morgan fingerprint density at radius 3 is 2.83 bits per heavy atom. The van der Waals surface area contributed by atoms with E-state index in [4.69, 9.17) is 4.42 Å². The van der Waals surface area contributed by atoms with Gasteiger partial charge in [0.05, 0.1) is 5.69 Å². The Labute approximate surface area is 136 Å². The number of benzene rings is 1. The zero-order valence-corrected chi connectivity index (χ0v) is 13.1. The fourth-order valence-electron chi connectivity index (χ4n) is 2.46. The average Bonchev–Trinajstić information content (AvgIpc) is 3.24. The minimum absolute atomic E-state index is 0.285. The number of anilines is 1. The molecule has 0 aliphatic carbocycles. The normalized spacial score (nSPS) is 11.1. The minimum Gasteiger partial charge on any atom is -0.422 e. The van der Waals surface area contributed by atoms with Crippen molar-refractivity contribution in [3.8, 4) is 6.01 Å². The molecule has 120 valence electrons. The van der Waals surface area contributed by atoms with Crippen LogP contribution in [0.15, 0.2) is 47.0 Å². The van der Waals surface area contributed by atoms with Gasteiger partial charge < -0.3 is 9.73 Å². The van der Waals surface area contributed by atoms with E-state index in [0.717, 1.165) is 11.2 Å². The smallest absolute Gasteiger partial charge is 0.325 e. The number of hydrogen-bond acceptors (Lipinski definition) is 5. The number of carbonyl (C=O) groups is 1. The Morgan fingerprint density at radius 1 is 1.25 bits per heavy atom. The van der Waals surface area contributed by atoms with Gasteiger partial charge in [-0.3, -0.25) is 9.48 Å². The lowest BCUT2D eigenvalue weighted by molar-refractivity contribution is 0.101. The Morgan fingerprint density at radius 2 is 2.08 bits per heavy atom. The minimum atomic E-state index is -0.285. The van der Waals surface area contributed by atoms with Gasteiger partial charge in [0.1, 0.15) is 17.0 Å². The molecular weight excluding hydrogens is 308 g/mol. The molecule has 1 aromatic carbocycles. The number of nitrogens with one attached hydrogen (secondary N) is 1. The first kappa shape index (κ1) is 14.2. The zero-order chi connectivity index (χ0) is 16.7. The molecule has 8 heteroatoms. The molecule has 0 spiro atoms. The lowest BCUT2D eigenvalue weighted by atomic mass is 10.3. The maximum absolute atomic E-state index is 12.4. The van der Waals surface area contributed by atoms with Crippen molar-refractivity contribution in [2.24, 2.45) is 7.05 Å². The highest BCUT2D eigenvalue weighted by Crippen LogP contribution is 2.22. The van der Waals surface area contributed by atoms with Gasteiger partial charge >= 0.3 is 6.01 Å². The molecular formula is C16H14N6O2. The maximum Gasteiger partial charge on any atom is 0.325 e. The number of aromatic nitrogens is 5. The Bertz CT molecular complexity index is 1010. The van der Waals surface area contributed by atoms with Gasteiger partial charge in [0.15, 0.2) is 5.58 Å². The monoisotopic (exact) mass is 322 g/mol. The van der Waals surface area contributed by atoms with Gasteiger partial charge in [-0.15, -0.1) is 0 Å². The molecule has 4 aromatic rings. The van der Waals surface area contributed by atoms with Crippen LogP contribution in [0, 0.1) is 6.92 Å². The van der Waals surface area contributed by atoms with Gasteiger partial charge in [0.2, 0.25) is 0 Å². The fraction of sp³-hybridized carbons (Fsp3) is 0.125. The summed E-state index contributed by atoms with van der Waals surface area (Å²) >= 11 is 0. The molecule has 0 bridgehead atoms. The summed E-state index contributed by atoms with van der Waals surface area (Å²) in [6, 6.07) is 11.1. The second kappa shape index (κ2) is 5.34. The second-order valence-corrected chi connectivity index (χ2v) is 5.34. The number of nitrogens with zero attached hydrogens (tertiary/aromatic N) is 5. The number of amides is 1. The summed E-state index contributed by atoms with van der Waals surface area (Å²) < 4.78 is 8.70. The van der Waals surface area contributed by atoms with E-state index in [9.17, 15) is 4.79 Å². The van der Waals surface area contributed by atoms with Crippen LogP contribution in [0.1, 0.15) is 16.2 Å². The molecule has 0 fully saturated rings.